The fourth-order valence-corrected chi connectivity index (χ4v) is 5.60. The van der Waals surface area contributed by atoms with Gasteiger partial charge in [-0.2, -0.15) is 4.31 Å². The first-order valence-electron chi connectivity index (χ1n) is 10.6. The van der Waals surface area contributed by atoms with E-state index in [1.807, 2.05) is 35.2 Å². The molecule has 0 radical (unpaired) electrons. The van der Waals surface area contributed by atoms with Gasteiger partial charge in [0.25, 0.3) is 0 Å². The number of hydrogen-bond acceptors (Lipinski definition) is 4. The van der Waals surface area contributed by atoms with Crippen LogP contribution in [-0.2, 0) is 10.0 Å². The van der Waals surface area contributed by atoms with E-state index in [1.54, 1.807) is 18.2 Å². The van der Waals surface area contributed by atoms with Crippen LogP contribution in [0.3, 0.4) is 0 Å². The van der Waals surface area contributed by atoms with Gasteiger partial charge in [-0.15, -0.1) is 0 Å². The Balaban J connectivity index is 1.41. The standard InChI is InChI=1S/C25H21F2N3O2S/c26-19-6-4-7-20(17-19)33(31,32)30-15-13-29(14-16-30)24-12-11-18-5-3-9-22(25(18)28-24)21-8-1-2-10-23(21)27/h1-12,17H,13-16H2. The Labute approximate surface area is 191 Å². The number of piperazine rings is 1. The molecule has 1 saturated heterocycles. The van der Waals surface area contributed by atoms with Gasteiger partial charge >= 0.3 is 0 Å². The molecule has 0 aliphatic carbocycles. The molecule has 33 heavy (non-hydrogen) atoms. The largest absolute Gasteiger partial charge is 0.354 e. The first kappa shape index (κ1) is 21.5. The van der Waals surface area contributed by atoms with E-state index in [0.717, 1.165) is 11.5 Å². The second-order valence-corrected chi connectivity index (χ2v) is 9.81. The third-order valence-electron chi connectivity index (χ3n) is 5.87. The topological polar surface area (TPSA) is 53.5 Å². The molecule has 5 nitrogen and oxygen atoms in total. The number of sulfonamides is 1. The molecular weight excluding hydrogens is 444 g/mol. The van der Waals surface area contributed by atoms with Crippen LogP contribution in [0, 0.1) is 11.6 Å². The summed E-state index contributed by atoms with van der Waals surface area (Å²) in [4.78, 5) is 6.78. The predicted molar refractivity (Wildman–Crippen MR) is 125 cm³/mol. The SMILES string of the molecule is O=S(=O)(c1cccc(F)c1)N1CCN(c2ccc3cccc(-c4ccccc4F)c3n2)CC1. The number of para-hydroxylation sites is 1. The first-order valence-corrected chi connectivity index (χ1v) is 12.0. The maximum absolute atomic E-state index is 14.5. The minimum atomic E-state index is -3.77. The summed E-state index contributed by atoms with van der Waals surface area (Å²) in [5.74, 6) is -0.191. The zero-order valence-electron chi connectivity index (χ0n) is 17.7. The van der Waals surface area contributed by atoms with Gasteiger partial charge in [-0.1, -0.05) is 42.5 Å². The highest BCUT2D eigenvalue weighted by Crippen LogP contribution is 2.31. The molecule has 5 rings (SSSR count). The fourth-order valence-electron chi connectivity index (χ4n) is 4.14. The Bertz CT molecular complexity index is 1430. The highest BCUT2D eigenvalue weighted by atomic mass is 32.2. The van der Waals surface area contributed by atoms with Crippen molar-refractivity contribution in [1.29, 1.82) is 0 Å². The molecule has 0 spiro atoms. The van der Waals surface area contributed by atoms with Gasteiger partial charge in [0.15, 0.2) is 0 Å². The molecule has 0 N–H and O–H groups in total. The van der Waals surface area contributed by atoms with Gasteiger partial charge < -0.3 is 4.90 Å². The smallest absolute Gasteiger partial charge is 0.243 e. The third kappa shape index (κ3) is 4.07. The van der Waals surface area contributed by atoms with E-state index < -0.39 is 15.8 Å². The summed E-state index contributed by atoms with van der Waals surface area (Å²) in [5, 5.41) is 0.895. The Hall–Kier alpha value is -3.36. The van der Waals surface area contributed by atoms with Gasteiger partial charge in [0.2, 0.25) is 10.0 Å². The zero-order valence-corrected chi connectivity index (χ0v) is 18.5. The van der Waals surface area contributed by atoms with Gasteiger partial charge in [-0.3, -0.25) is 0 Å². The molecule has 0 amide bonds. The van der Waals surface area contributed by atoms with Crippen LogP contribution in [0.25, 0.3) is 22.0 Å². The number of fused-ring (bicyclic) bond motifs is 1. The summed E-state index contributed by atoms with van der Waals surface area (Å²) in [7, 11) is -3.77. The van der Waals surface area contributed by atoms with Crippen LogP contribution < -0.4 is 4.90 Å². The summed E-state index contributed by atoms with van der Waals surface area (Å²) in [6.45, 7) is 1.39. The molecule has 1 aromatic heterocycles. The molecule has 0 unspecified atom stereocenters. The van der Waals surface area contributed by atoms with Crippen molar-refractivity contribution in [3.8, 4) is 11.1 Å². The van der Waals surface area contributed by atoms with Crippen molar-refractivity contribution >= 4 is 26.7 Å². The molecule has 8 heteroatoms. The number of nitrogens with zero attached hydrogens (tertiary/aromatic N) is 3. The lowest BCUT2D eigenvalue weighted by Gasteiger charge is -2.34. The lowest BCUT2D eigenvalue weighted by atomic mass is 10.0. The Morgan fingerprint density at radius 3 is 2.24 bits per heavy atom. The van der Waals surface area contributed by atoms with Crippen molar-refractivity contribution in [1.82, 2.24) is 9.29 Å². The molecular formula is C25H21F2N3O2S. The number of benzene rings is 3. The van der Waals surface area contributed by atoms with Crippen molar-refractivity contribution < 1.29 is 17.2 Å². The number of rotatable bonds is 4. The maximum Gasteiger partial charge on any atom is 0.243 e. The number of halogens is 2. The zero-order chi connectivity index (χ0) is 23.0. The summed E-state index contributed by atoms with van der Waals surface area (Å²) >= 11 is 0. The third-order valence-corrected chi connectivity index (χ3v) is 7.76. The number of hydrogen-bond donors (Lipinski definition) is 0. The van der Waals surface area contributed by atoms with Gasteiger partial charge in [0.1, 0.15) is 17.5 Å². The van der Waals surface area contributed by atoms with Gasteiger partial charge in [-0.25, -0.2) is 22.2 Å². The average molecular weight is 466 g/mol. The van der Waals surface area contributed by atoms with Gasteiger partial charge in [0, 0.05) is 42.7 Å². The first-order chi connectivity index (χ1) is 15.9. The average Bonchev–Trinajstić information content (AvgIpc) is 2.84. The van der Waals surface area contributed by atoms with Crippen molar-refractivity contribution in [2.75, 3.05) is 31.1 Å². The number of pyridine rings is 1. The maximum atomic E-state index is 14.5. The minimum absolute atomic E-state index is 0.0469. The highest BCUT2D eigenvalue weighted by molar-refractivity contribution is 7.89. The molecule has 3 aromatic carbocycles. The molecule has 0 bridgehead atoms. The molecule has 1 aliphatic heterocycles. The van der Waals surface area contributed by atoms with Crippen molar-refractivity contribution in [3.63, 3.8) is 0 Å². The van der Waals surface area contributed by atoms with Gasteiger partial charge in [-0.05, 0) is 36.4 Å². The Morgan fingerprint density at radius 1 is 0.758 bits per heavy atom. The van der Waals surface area contributed by atoms with E-state index in [2.05, 4.69) is 0 Å². The summed E-state index contributed by atoms with van der Waals surface area (Å²) < 4.78 is 55.1. The molecule has 168 valence electrons. The van der Waals surface area contributed by atoms with Crippen LogP contribution in [-0.4, -0.2) is 43.9 Å². The van der Waals surface area contributed by atoms with E-state index in [0.29, 0.717) is 35.6 Å². The van der Waals surface area contributed by atoms with E-state index in [1.165, 1.54) is 28.6 Å². The Kier molecular flexibility index (Phi) is 5.55. The molecule has 2 heterocycles. The lowest BCUT2D eigenvalue weighted by Crippen LogP contribution is -2.48. The van der Waals surface area contributed by atoms with Crippen LogP contribution in [0.1, 0.15) is 0 Å². The summed E-state index contributed by atoms with van der Waals surface area (Å²) in [6.07, 6.45) is 0. The van der Waals surface area contributed by atoms with E-state index in [-0.39, 0.29) is 23.8 Å². The normalized spacial score (nSPS) is 15.2. The summed E-state index contributed by atoms with van der Waals surface area (Å²) in [6, 6.07) is 21.1. The Morgan fingerprint density at radius 2 is 1.48 bits per heavy atom. The fraction of sp³-hybridized carbons (Fsp3) is 0.160. The molecule has 1 fully saturated rings. The van der Waals surface area contributed by atoms with E-state index >= 15 is 0 Å². The minimum Gasteiger partial charge on any atom is -0.354 e. The van der Waals surface area contributed by atoms with Crippen molar-refractivity contribution in [2.45, 2.75) is 4.90 Å². The summed E-state index contributed by atoms with van der Waals surface area (Å²) in [5.41, 5.74) is 1.88. The molecule has 0 atom stereocenters. The lowest BCUT2D eigenvalue weighted by molar-refractivity contribution is 0.383. The van der Waals surface area contributed by atoms with Crippen LogP contribution in [0.15, 0.2) is 83.8 Å². The molecule has 4 aromatic rings. The van der Waals surface area contributed by atoms with Crippen molar-refractivity contribution in [2.24, 2.45) is 0 Å². The quantitative estimate of drug-likeness (QED) is 0.439. The van der Waals surface area contributed by atoms with Crippen LogP contribution in [0.2, 0.25) is 0 Å². The van der Waals surface area contributed by atoms with Crippen LogP contribution >= 0.6 is 0 Å². The second kappa shape index (κ2) is 8.53. The number of anilines is 1. The monoisotopic (exact) mass is 465 g/mol. The molecule has 0 saturated carbocycles. The molecule has 1 aliphatic rings. The van der Waals surface area contributed by atoms with E-state index in [4.69, 9.17) is 4.98 Å². The van der Waals surface area contributed by atoms with Crippen molar-refractivity contribution in [3.05, 3.63) is 90.5 Å². The van der Waals surface area contributed by atoms with E-state index in [9.17, 15) is 17.2 Å². The van der Waals surface area contributed by atoms with Gasteiger partial charge in [0.05, 0.1) is 10.4 Å². The predicted octanol–water partition coefficient (Wildman–Crippen LogP) is 4.69. The van der Waals surface area contributed by atoms with Crippen LogP contribution in [0.4, 0.5) is 14.6 Å². The van der Waals surface area contributed by atoms with Crippen LogP contribution in [0.5, 0.6) is 0 Å². The second-order valence-electron chi connectivity index (χ2n) is 7.88. The highest BCUT2D eigenvalue weighted by Gasteiger charge is 2.29. The number of aromatic nitrogens is 1.